The Balaban J connectivity index is 1.63. The maximum Gasteiger partial charge on any atom is 0.274 e. The molecule has 0 bridgehead atoms. The van der Waals surface area contributed by atoms with Crippen LogP contribution in [0.15, 0.2) is 24.7 Å². The summed E-state index contributed by atoms with van der Waals surface area (Å²) in [4.78, 5) is 14.6. The number of rotatable bonds is 6. The molecule has 3 aromatic rings. The number of sulfonamides is 1. The lowest BCUT2D eigenvalue weighted by atomic mass is 9.86. The van der Waals surface area contributed by atoms with Gasteiger partial charge in [0.15, 0.2) is 10.8 Å². The number of fused-ring (bicyclic) bond motifs is 1. The molecule has 0 aromatic carbocycles. The minimum Gasteiger partial charge on any atom is -0.355 e. The van der Waals surface area contributed by atoms with Gasteiger partial charge in [0.25, 0.3) is 12.3 Å². The van der Waals surface area contributed by atoms with E-state index in [0.29, 0.717) is 16.5 Å². The molecule has 1 N–H and O–H groups in total. The van der Waals surface area contributed by atoms with E-state index in [1.807, 2.05) is 0 Å². The number of hydrogen-bond donors (Lipinski definition) is 1. The van der Waals surface area contributed by atoms with Crippen LogP contribution in [-0.4, -0.2) is 59.6 Å². The molecule has 4 heterocycles. The van der Waals surface area contributed by atoms with E-state index in [-0.39, 0.29) is 23.8 Å². The number of nitrogens with zero attached hydrogens (tertiary/aromatic N) is 5. The highest BCUT2D eigenvalue weighted by Crippen LogP contribution is 2.39. The van der Waals surface area contributed by atoms with Crippen LogP contribution in [0, 0.1) is 11.8 Å². The Bertz CT molecular complexity index is 1230. The molecular weight excluding hydrogens is 472 g/mol. The summed E-state index contributed by atoms with van der Waals surface area (Å²) in [6.07, 6.45) is 2.49. The van der Waals surface area contributed by atoms with Crippen molar-refractivity contribution >= 4 is 32.1 Å². The number of imidazole rings is 1. The monoisotopic (exact) mass is 492 g/mol. The van der Waals surface area contributed by atoms with E-state index < -0.39 is 40.8 Å². The van der Waals surface area contributed by atoms with Crippen molar-refractivity contribution in [1.82, 2.24) is 24.1 Å². The summed E-state index contributed by atoms with van der Waals surface area (Å²) >= 11 is 0.857. The van der Waals surface area contributed by atoms with Crippen molar-refractivity contribution in [3.8, 4) is 11.5 Å². The molecule has 1 saturated heterocycles. The zero-order valence-corrected chi connectivity index (χ0v) is 18.7. The standard InChI is InChI=1S/C18H20F4N6O2S2/c1-10-7-27(8-11(18(10,21)22)5-25-32(2,29)30)14-3-4-23-16(26-14)12-6-24-17-28(12)9-13(31-17)15(19)20/h3-4,6,9-11,15,25H,5,7-8H2,1-2H3/t10-,11+/m0/s1. The number of halogens is 4. The minimum atomic E-state index is -3.62. The fourth-order valence-electron chi connectivity index (χ4n) is 3.67. The van der Waals surface area contributed by atoms with E-state index in [1.54, 1.807) is 11.0 Å². The predicted octanol–water partition coefficient (Wildman–Crippen LogP) is 3.05. The Kier molecular flexibility index (Phi) is 5.88. The lowest BCUT2D eigenvalue weighted by Crippen LogP contribution is -2.56. The highest BCUT2D eigenvalue weighted by Gasteiger charge is 2.49. The first-order valence-electron chi connectivity index (χ1n) is 9.61. The van der Waals surface area contributed by atoms with E-state index in [9.17, 15) is 26.0 Å². The molecule has 1 fully saturated rings. The Morgan fingerprint density at radius 2 is 2.06 bits per heavy atom. The van der Waals surface area contributed by atoms with E-state index in [0.717, 1.165) is 17.6 Å². The number of anilines is 1. The molecule has 0 saturated carbocycles. The molecule has 174 valence electrons. The van der Waals surface area contributed by atoms with Gasteiger partial charge in [-0.05, 0) is 6.07 Å². The first kappa shape index (κ1) is 22.9. The molecule has 3 aromatic heterocycles. The van der Waals surface area contributed by atoms with Crippen molar-refractivity contribution in [3.63, 3.8) is 0 Å². The molecule has 1 aliphatic heterocycles. The minimum absolute atomic E-state index is 0.00856. The lowest BCUT2D eigenvalue weighted by Gasteiger charge is -2.43. The van der Waals surface area contributed by atoms with Crippen LogP contribution in [0.3, 0.4) is 0 Å². The third-order valence-electron chi connectivity index (χ3n) is 5.37. The highest BCUT2D eigenvalue weighted by molar-refractivity contribution is 7.88. The van der Waals surface area contributed by atoms with Crippen LogP contribution in [0.1, 0.15) is 18.2 Å². The Hall–Kier alpha value is -2.32. The zero-order valence-electron chi connectivity index (χ0n) is 17.0. The van der Waals surface area contributed by atoms with Crippen molar-refractivity contribution < 1.29 is 26.0 Å². The number of piperidine rings is 1. The fourth-order valence-corrected chi connectivity index (χ4v) is 4.99. The van der Waals surface area contributed by atoms with Crippen LogP contribution in [0.4, 0.5) is 23.4 Å². The van der Waals surface area contributed by atoms with Crippen molar-refractivity contribution in [3.05, 3.63) is 29.5 Å². The van der Waals surface area contributed by atoms with Gasteiger partial charge in [0.2, 0.25) is 10.0 Å². The summed E-state index contributed by atoms with van der Waals surface area (Å²) in [5.74, 6) is -4.78. The molecule has 0 aliphatic carbocycles. The molecule has 2 atom stereocenters. The summed E-state index contributed by atoms with van der Waals surface area (Å²) in [5.41, 5.74) is 0.399. The molecule has 1 aliphatic rings. The Morgan fingerprint density at radius 3 is 2.75 bits per heavy atom. The highest BCUT2D eigenvalue weighted by atomic mass is 32.2. The second kappa shape index (κ2) is 8.23. The van der Waals surface area contributed by atoms with E-state index in [2.05, 4.69) is 19.7 Å². The van der Waals surface area contributed by atoms with Gasteiger partial charge in [0, 0.05) is 37.9 Å². The van der Waals surface area contributed by atoms with Gasteiger partial charge in [-0.2, -0.15) is 0 Å². The van der Waals surface area contributed by atoms with E-state index in [1.165, 1.54) is 29.9 Å². The van der Waals surface area contributed by atoms with Crippen molar-refractivity contribution in [2.45, 2.75) is 19.3 Å². The number of hydrogen-bond acceptors (Lipinski definition) is 7. The van der Waals surface area contributed by atoms with Gasteiger partial charge >= 0.3 is 0 Å². The fraction of sp³-hybridized carbons (Fsp3) is 0.500. The number of alkyl halides is 4. The maximum atomic E-state index is 14.7. The van der Waals surface area contributed by atoms with Gasteiger partial charge in [-0.3, -0.25) is 4.40 Å². The van der Waals surface area contributed by atoms with E-state index >= 15 is 0 Å². The summed E-state index contributed by atoms with van der Waals surface area (Å²) in [5, 5.41) is 0. The second-order valence-electron chi connectivity index (χ2n) is 7.77. The number of aromatic nitrogens is 4. The summed E-state index contributed by atoms with van der Waals surface area (Å²) in [6.45, 7) is 0.888. The molecule has 0 radical (unpaired) electrons. The largest absolute Gasteiger partial charge is 0.355 e. The average Bonchev–Trinajstić information content (AvgIpc) is 3.29. The third-order valence-corrected chi connectivity index (χ3v) is 7.06. The first-order chi connectivity index (χ1) is 15.0. The van der Waals surface area contributed by atoms with Crippen LogP contribution in [-0.2, 0) is 10.0 Å². The van der Waals surface area contributed by atoms with Crippen LogP contribution >= 0.6 is 11.3 Å². The van der Waals surface area contributed by atoms with Crippen molar-refractivity contribution in [2.75, 3.05) is 30.8 Å². The average molecular weight is 493 g/mol. The topological polar surface area (TPSA) is 92.5 Å². The molecule has 0 unspecified atom stereocenters. The normalized spacial score (nSPS) is 21.5. The van der Waals surface area contributed by atoms with Crippen LogP contribution < -0.4 is 9.62 Å². The van der Waals surface area contributed by atoms with Gasteiger partial charge in [0.05, 0.1) is 23.2 Å². The van der Waals surface area contributed by atoms with Crippen LogP contribution in [0.25, 0.3) is 16.5 Å². The molecule has 4 rings (SSSR count). The van der Waals surface area contributed by atoms with Gasteiger partial charge < -0.3 is 4.90 Å². The predicted molar refractivity (Wildman–Crippen MR) is 112 cm³/mol. The first-order valence-corrected chi connectivity index (χ1v) is 12.3. The van der Waals surface area contributed by atoms with Gasteiger partial charge in [-0.25, -0.2) is 45.7 Å². The summed E-state index contributed by atoms with van der Waals surface area (Å²) in [6, 6.07) is 1.57. The Morgan fingerprint density at radius 1 is 1.31 bits per heavy atom. The van der Waals surface area contributed by atoms with Gasteiger partial charge in [0.1, 0.15) is 11.5 Å². The SMILES string of the molecule is C[C@H]1CN(c2ccnc(-c3cnc4sc(C(F)F)cn34)n2)C[C@@H](CNS(C)(=O)=O)C1(F)F. The quantitative estimate of drug-likeness (QED) is 0.532. The maximum absolute atomic E-state index is 14.7. The number of thiazole rings is 1. The second-order valence-corrected chi connectivity index (χ2v) is 10.6. The lowest BCUT2D eigenvalue weighted by molar-refractivity contribution is -0.108. The van der Waals surface area contributed by atoms with Crippen LogP contribution in [0.2, 0.25) is 0 Å². The van der Waals surface area contributed by atoms with Crippen molar-refractivity contribution in [2.24, 2.45) is 11.8 Å². The molecule has 14 heteroatoms. The third kappa shape index (κ3) is 4.43. The molecule has 0 spiro atoms. The van der Waals surface area contributed by atoms with E-state index in [4.69, 9.17) is 0 Å². The zero-order chi connectivity index (χ0) is 23.3. The molecular formula is C18H20F4N6O2S2. The molecule has 0 amide bonds. The summed E-state index contributed by atoms with van der Waals surface area (Å²) in [7, 11) is -3.62. The van der Waals surface area contributed by atoms with Crippen molar-refractivity contribution in [1.29, 1.82) is 0 Å². The van der Waals surface area contributed by atoms with Gasteiger partial charge in [-0.1, -0.05) is 18.3 Å². The van der Waals surface area contributed by atoms with Gasteiger partial charge in [-0.15, -0.1) is 0 Å². The Labute approximate surface area is 185 Å². The number of nitrogens with one attached hydrogen (secondary N) is 1. The smallest absolute Gasteiger partial charge is 0.274 e. The molecule has 32 heavy (non-hydrogen) atoms. The summed E-state index contributed by atoms with van der Waals surface area (Å²) < 4.78 is 81.9. The van der Waals surface area contributed by atoms with Crippen LogP contribution in [0.5, 0.6) is 0 Å². The molecule has 8 nitrogen and oxygen atoms in total.